The quantitative estimate of drug-likeness (QED) is 0.807. The molecular formula is C14H21BrN2O3S. The molecule has 118 valence electrons. The fourth-order valence-electron chi connectivity index (χ4n) is 2.64. The Labute approximate surface area is 135 Å². The molecule has 1 aliphatic heterocycles. The monoisotopic (exact) mass is 376 g/mol. The molecule has 7 heteroatoms. The molecule has 1 fully saturated rings. The minimum atomic E-state index is -3.58. The maximum Gasteiger partial charge on any atom is 0.246 e. The molecule has 2 rings (SSSR count). The van der Waals surface area contributed by atoms with Crippen LogP contribution in [0.2, 0.25) is 0 Å². The SMILES string of the molecule is COc1ccc(Br)cc1S(=O)(=O)N(C)C1CCCN(C)C1. The van der Waals surface area contributed by atoms with Gasteiger partial charge in [-0.3, -0.25) is 0 Å². The standard InChI is InChI=1S/C14H21BrN2O3S/c1-16-8-4-5-12(10-16)17(2)21(18,19)14-9-11(15)6-7-13(14)20-3/h6-7,9,12H,4-5,8,10H2,1-3H3. The van der Waals surface area contributed by atoms with E-state index in [0.29, 0.717) is 5.75 Å². The van der Waals surface area contributed by atoms with Gasteiger partial charge in [0.2, 0.25) is 10.0 Å². The first-order valence-electron chi connectivity index (χ1n) is 6.86. The Morgan fingerprint density at radius 1 is 1.43 bits per heavy atom. The summed E-state index contributed by atoms with van der Waals surface area (Å²) < 4.78 is 33.2. The highest BCUT2D eigenvalue weighted by atomic mass is 79.9. The molecule has 0 spiro atoms. The number of nitrogens with zero attached hydrogens (tertiary/aromatic N) is 2. The molecule has 1 saturated heterocycles. The van der Waals surface area contributed by atoms with E-state index in [0.717, 1.165) is 30.4 Å². The molecule has 0 radical (unpaired) electrons. The third-order valence-corrected chi connectivity index (χ3v) is 6.32. The number of hydrogen-bond acceptors (Lipinski definition) is 4. The fourth-order valence-corrected chi connectivity index (χ4v) is 4.71. The molecule has 21 heavy (non-hydrogen) atoms. The van der Waals surface area contributed by atoms with E-state index >= 15 is 0 Å². The average molecular weight is 377 g/mol. The Balaban J connectivity index is 2.35. The van der Waals surface area contributed by atoms with Crippen molar-refractivity contribution in [2.75, 3.05) is 34.3 Å². The summed E-state index contributed by atoms with van der Waals surface area (Å²) in [6.07, 6.45) is 1.90. The molecule has 0 N–H and O–H groups in total. The van der Waals surface area contributed by atoms with Crippen molar-refractivity contribution < 1.29 is 13.2 Å². The van der Waals surface area contributed by atoms with Crippen LogP contribution in [0, 0.1) is 0 Å². The van der Waals surface area contributed by atoms with E-state index in [1.54, 1.807) is 25.2 Å². The number of sulfonamides is 1. The van der Waals surface area contributed by atoms with E-state index in [1.165, 1.54) is 11.4 Å². The summed E-state index contributed by atoms with van der Waals surface area (Å²) in [5.41, 5.74) is 0. The Hall–Kier alpha value is -0.630. The van der Waals surface area contributed by atoms with Crippen molar-refractivity contribution in [2.45, 2.75) is 23.8 Å². The van der Waals surface area contributed by atoms with Gasteiger partial charge in [-0.05, 0) is 44.6 Å². The van der Waals surface area contributed by atoms with Crippen LogP contribution in [0.25, 0.3) is 0 Å². The number of methoxy groups -OCH3 is 1. The second kappa shape index (κ2) is 6.64. The second-order valence-electron chi connectivity index (χ2n) is 5.37. The van der Waals surface area contributed by atoms with Crippen LogP contribution < -0.4 is 4.74 Å². The van der Waals surface area contributed by atoms with Crippen molar-refractivity contribution in [3.8, 4) is 5.75 Å². The molecule has 0 saturated carbocycles. The normalized spacial score (nSPS) is 20.7. The number of benzene rings is 1. The van der Waals surface area contributed by atoms with Gasteiger partial charge in [0, 0.05) is 24.1 Å². The van der Waals surface area contributed by atoms with Crippen molar-refractivity contribution in [3.63, 3.8) is 0 Å². The van der Waals surface area contributed by atoms with E-state index < -0.39 is 10.0 Å². The number of likely N-dealkylation sites (N-methyl/N-ethyl adjacent to an activating group) is 2. The van der Waals surface area contributed by atoms with Gasteiger partial charge in [-0.1, -0.05) is 15.9 Å². The molecule has 1 heterocycles. The number of rotatable bonds is 4. The van der Waals surface area contributed by atoms with Crippen LogP contribution in [-0.4, -0.2) is 58.0 Å². The van der Waals surface area contributed by atoms with Crippen molar-refractivity contribution in [1.82, 2.24) is 9.21 Å². The zero-order chi connectivity index (χ0) is 15.6. The molecule has 1 unspecified atom stereocenters. The van der Waals surface area contributed by atoms with Gasteiger partial charge in [0.15, 0.2) is 0 Å². The lowest BCUT2D eigenvalue weighted by atomic mass is 10.1. The molecule has 0 bridgehead atoms. The molecule has 1 atom stereocenters. The highest BCUT2D eigenvalue weighted by Crippen LogP contribution is 2.31. The molecule has 1 aromatic rings. The predicted octanol–water partition coefficient (Wildman–Crippen LogP) is 2.17. The first kappa shape index (κ1) is 16.7. The van der Waals surface area contributed by atoms with Crippen molar-refractivity contribution in [1.29, 1.82) is 0 Å². The van der Waals surface area contributed by atoms with Gasteiger partial charge < -0.3 is 9.64 Å². The van der Waals surface area contributed by atoms with Crippen LogP contribution in [-0.2, 0) is 10.0 Å². The third-order valence-electron chi connectivity index (χ3n) is 3.90. The van der Waals surface area contributed by atoms with E-state index in [-0.39, 0.29) is 10.9 Å². The molecular weight excluding hydrogens is 356 g/mol. The number of hydrogen-bond donors (Lipinski definition) is 0. The van der Waals surface area contributed by atoms with Crippen LogP contribution >= 0.6 is 15.9 Å². The van der Waals surface area contributed by atoms with Crippen molar-refractivity contribution in [2.24, 2.45) is 0 Å². The topological polar surface area (TPSA) is 49.9 Å². The maximum atomic E-state index is 12.9. The van der Waals surface area contributed by atoms with Crippen LogP contribution in [0.3, 0.4) is 0 Å². The highest BCUT2D eigenvalue weighted by molar-refractivity contribution is 9.10. The van der Waals surface area contributed by atoms with E-state index in [1.807, 2.05) is 7.05 Å². The first-order chi connectivity index (χ1) is 9.86. The predicted molar refractivity (Wildman–Crippen MR) is 86.2 cm³/mol. The zero-order valence-electron chi connectivity index (χ0n) is 12.5. The van der Waals surface area contributed by atoms with Gasteiger partial charge in [0.05, 0.1) is 7.11 Å². The lowest BCUT2D eigenvalue weighted by Crippen LogP contribution is -2.47. The number of likely N-dealkylation sites (tertiary alicyclic amines) is 1. The van der Waals surface area contributed by atoms with E-state index in [4.69, 9.17) is 4.74 Å². The largest absolute Gasteiger partial charge is 0.495 e. The zero-order valence-corrected chi connectivity index (χ0v) is 14.9. The summed E-state index contributed by atoms with van der Waals surface area (Å²) in [4.78, 5) is 2.37. The van der Waals surface area contributed by atoms with Gasteiger partial charge in [0.25, 0.3) is 0 Å². The highest BCUT2D eigenvalue weighted by Gasteiger charge is 2.32. The summed E-state index contributed by atoms with van der Waals surface area (Å²) in [6.45, 7) is 1.77. The lowest BCUT2D eigenvalue weighted by molar-refractivity contribution is 0.187. The average Bonchev–Trinajstić information content (AvgIpc) is 2.46. The fraction of sp³-hybridized carbons (Fsp3) is 0.571. The Morgan fingerprint density at radius 3 is 2.76 bits per heavy atom. The van der Waals surface area contributed by atoms with Gasteiger partial charge in [-0.15, -0.1) is 0 Å². The minimum absolute atomic E-state index is 0.00237. The molecule has 0 amide bonds. The molecule has 5 nitrogen and oxygen atoms in total. The molecule has 0 aliphatic carbocycles. The smallest absolute Gasteiger partial charge is 0.246 e. The number of piperidine rings is 1. The molecule has 1 aromatic carbocycles. The van der Waals surface area contributed by atoms with E-state index in [9.17, 15) is 8.42 Å². The van der Waals surface area contributed by atoms with Crippen LogP contribution in [0.1, 0.15) is 12.8 Å². The molecule has 0 aromatic heterocycles. The molecule has 1 aliphatic rings. The van der Waals surface area contributed by atoms with Crippen LogP contribution in [0.15, 0.2) is 27.6 Å². The number of halogens is 1. The second-order valence-corrected chi connectivity index (χ2v) is 8.26. The Bertz CT molecular complexity index is 606. The van der Waals surface area contributed by atoms with Crippen molar-refractivity contribution in [3.05, 3.63) is 22.7 Å². The summed E-state index contributed by atoms with van der Waals surface area (Å²) in [5.74, 6) is 0.370. The lowest BCUT2D eigenvalue weighted by Gasteiger charge is -2.35. The van der Waals surface area contributed by atoms with Gasteiger partial charge >= 0.3 is 0 Å². The van der Waals surface area contributed by atoms with E-state index in [2.05, 4.69) is 20.8 Å². The van der Waals surface area contributed by atoms with Gasteiger partial charge in [-0.2, -0.15) is 4.31 Å². The summed E-state index contributed by atoms with van der Waals surface area (Å²) in [5, 5.41) is 0. The van der Waals surface area contributed by atoms with Crippen LogP contribution in [0.4, 0.5) is 0 Å². The Kier molecular flexibility index (Phi) is 5.29. The summed E-state index contributed by atoms with van der Waals surface area (Å²) in [6, 6.07) is 5.03. The van der Waals surface area contributed by atoms with Crippen LogP contribution in [0.5, 0.6) is 5.75 Å². The first-order valence-corrected chi connectivity index (χ1v) is 9.09. The number of ether oxygens (including phenoxy) is 1. The third kappa shape index (κ3) is 3.59. The summed E-state index contributed by atoms with van der Waals surface area (Å²) >= 11 is 3.33. The maximum absolute atomic E-state index is 12.9. The van der Waals surface area contributed by atoms with Crippen molar-refractivity contribution >= 4 is 26.0 Å². The summed E-state index contributed by atoms with van der Waals surface area (Å²) in [7, 11) is 1.58. The van der Waals surface area contributed by atoms with Gasteiger partial charge in [-0.25, -0.2) is 8.42 Å². The Morgan fingerprint density at radius 2 is 2.14 bits per heavy atom. The van der Waals surface area contributed by atoms with Gasteiger partial charge in [0.1, 0.15) is 10.6 Å². The minimum Gasteiger partial charge on any atom is -0.495 e.